The smallest absolute Gasteiger partial charge is 0.271 e. The minimum atomic E-state index is -2.85. The van der Waals surface area contributed by atoms with E-state index in [1.165, 1.54) is 6.92 Å². The summed E-state index contributed by atoms with van der Waals surface area (Å²) in [5, 5.41) is 9.33. The van der Waals surface area contributed by atoms with E-state index in [1.807, 2.05) is 0 Å². The van der Waals surface area contributed by atoms with Crippen molar-refractivity contribution in [3.05, 3.63) is 28.9 Å². The van der Waals surface area contributed by atoms with E-state index in [-0.39, 0.29) is 16.9 Å². The lowest BCUT2D eigenvalue weighted by Gasteiger charge is -2.13. The molecular formula is C9H9F2N3O. The molecule has 1 atom stereocenters. The van der Waals surface area contributed by atoms with Gasteiger partial charge in [-0.1, -0.05) is 0 Å². The number of aliphatic hydroxyl groups excluding tert-OH is 1. The largest absolute Gasteiger partial charge is 0.398 e. The van der Waals surface area contributed by atoms with Crippen LogP contribution in [0.15, 0.2) is 6.20 Å². The summed E-state index contributed by atoms with van der Waals surface area (Å²) in [6.07, 6.45) is -2.90. The molecule has 0 aliphatic rings. The average molecular weight is 213 g/mol. The van der Waals surface area contributed by atoms with Gasteiger partial charge in [0, 0.05) is 17.4 Å². The number of alkyl halides is 2. The van der Waals surface area contributed by atoms with Crippen LogP contribution >= 0.6 is 0 Å². The molecule has 0 amide bonds. The maximum Gasteiger partial charge on any atom is 0.271 e. The van der Waals surface area contributed by atoms with Crippen LogP contribution in [0.2, 0.25) is 0 Å². The second kappa shape index (κ2) is 4.19. The van der Waals surface area contributed by atoms with Crippen LogP contribution < -0.4 is 5.73 Å². The van der Waals surface area contributed by atoms with Gasteiger partial charge in [-0.2, -0.15) is 0 Å². The molecule has 0 aliphatic heterocycles. The predicted octanol–water partition coefficient (Wildman–Crippen LogP) is 2.21. The Hall–Kier alpha value is -1.74. The minimum Gasteiger partial charge on any atom is -0.398 e. The van der Waals surface area contributed by atoms with Crippen molar-refractivity contribution in [2.24, 2.45) is 0 Å². The van der Waals surface area contributed by atoms with Crippen molar-refractivity contribution in [2.75, 3.05) is 5.73 Å². The van der Waals surface area contributed by atoms with Crippen molar-refractivity contribution in [3.8, 4) is 0 Å². The number of aliphatic hydroxyl groups is 1. The van der Waals surface area contributed by atoms with Crippen LogP contribution in [0.5, 0.6) is 0 Å². The molecule has 0 fully saturated rings. The monoisotopic (exact) mass is 213 g/mol. The van der Waals surface area contributed by atoms with Gasteiger partial charge in [0.2, 0.25) is 5.69 Å². The van der Waals surface area contributed by atoms with Crippen LogP contribution in [-0.4, -0.2) is 10.1 Å². The maximum atomic E-state index is 12.5. The average Bonchev–Trinajstić information content (AvgIpc) is 2.15. The molecule has 1 aromatic heterocycles. The van der Waals surface area contributed by atoms with E-state index in [2.05, 4.69) is 9.83 Å². The summed E-state index contributed by atoms with van der Waals surface area (Å²) in [6, 6.07) is 0. The van der Waals surface area contributed by atoms with Crippen LogP contribution in [0, 0.1) is 6.57 Å². The Labute approximate surface area is 85.2 Å². The number of anilines is 1. The van der Waals surface area contributed by atoms with E-state index >= 15 is 0 Å². The molecule has 1 unspecified atom stereocenters. The Morgan fingerprint density at radius 2 is 2.20 bits per heavy atom. The standard InChI is InChI=1S/C9H9F2N3O/c1-4(15)6-5(12)3-14-8(9(10)11)7(6)13-2/h3-4,9,15H,12H2,1H3. The van der Waals surface area contributed by atoms with Gasteiger partial charge in [-0.3, -0.25) is 4.98 Å². The normalized spacial score (nSPS) is 12.5. The maximum absolute atomic E-state index is 12.5. The van der Waals surface area contributed by atoms with Crippen LogP contribution in [-0.2, 0) is 0 Å². The lowest BCUT2D eigenvalue weighted by atomic mass is 10.1. The third-order valence-electron chi connectivity index (χ3n) is 1.89. The molecule has 1 rings (SSSR count). The number of aromatic nitrogens is 1. The third kappa shape index (κ3) is 2.02. The SMILES string of the molecule is [C-]#[N+]c1c(C(F)F)ncc(N)c1C(C)O. The highest BCUT2D eigenvalue weighted by Crippen LogP contribution is 2.37. The van der Waals surface area contributed by atoms with E-state index in [0.29, 0.717) is 0 Å². The molecule has 0 saturated heterocycles. The van der Waals surface area contributed by atoms with Crippen molar-refractivity contribution >= 4 is 11.4 Å². The molecular weight excluding hydrogens is 204 g/mol. The second-order valence-electron chi connectivity index (χ2n) is 2.95. The summed E-state index contributed by atoms with van der Waals surface area (Å²) in [5.74, 6) is 0. The molecule has 0 spiro atoms. The van der Waals surface area contributed by atoms with Gasteiger partial charge >= 0.3 is 0 Å². The molecule has 1 heterocycles. The first kappa shape index (κ1) is 11.3. The molecule has 3 N–H and O–H groups in total. The van der Waals surface area contributed by atoms with Crippen molar-refractivity contribution in [1.82, 2.24) is 4.98 Å². The lowest BCUT2D eigenvalue weighted by Crippen LogP contribution is -2.03. The van der Waals surface area contributed by atoms with E-state index in [0.717, 1.165) is 6.20 Å². The number of hydrogen-bond acceptors (Lipinski definition) is 3. The molecule has 4 nitrogen and oxygen atoms in total. The van der Waals surface area contributed by atoms with Gasteiger partial charge in [-0.15, -0.1) is 0 Å². The summed E-state index contributed by atoms with van der Waals surface area (Å²) >= 11 is 0. The fourth-order valence-corrected chi connectivity index (χ4v) is 1.26. The highest BCUT2D eigenvalue weighted by Gasteiger charge is 2.22. The molecule has 0 bridgehead atoms. The Bertz CT molecular complexity index is 413. The lowest BCUT2D eigenvalue weighted by molar-refractivity contribution is 0.146. The van der Waals surface area contributed by atoms with Crippen LogP contribution in [0.25, 0.3) is 4.85 Å². The van der Waals surface area contributed by atoms with Gasteiger partial charge in [0.25, 0.3) is 6.43 Å². The first-order chi connectivity index (χ1) is 6.99. The third-order valence-corrected chi connectivity index (χ3v) is 1.89. The first-order valence-electron chi connectivity index (χ1n) is 4.11. The fourth-order valence-electron chi connectivity index (χ4n) is 1.26. The summed E-state index contributed by atoms with van der Waals surface area (Å²) in [5.41, 5.74) is 4.50. The van der Waals surface area contributed by atoms with Gasteiger partial charge in [0.15, 0.2) is 0 Å². The zero-order valence-corrected chi connectivity index (χ0v) is 7.91. The number of rotatable bonds is 2. The zero-order valence-electron chi connectivity index (χ0n) is 7.91. The highest BCUT2D eigenvalue weighted by atomic mass is 19.3. The second-order valence-corrected chi connectivity index (χ2v) is 2.95. The van der Waals surface area contributed by atoms with E-state index in [1.54, 1.807) is 0 Å². The topological polar surface area (TPSA) is 63.5 Å². The number of nitrogens with zero attached hydrogens (tertiary/aromatic N) is 2. The molecule has 15 heavy (non-hydrogen) atoms. The van der Waals surface area contributed by atoms with Crippen molar-refractivity contribution in [1.29, 1.82) is 0 Å². The molecule has 0 radical (unpaired) electrons. The van der Waals surface area contributed by atoms with E-state index < -0.39 is 18.2 Å². The van der Waals surface area contributed by atoms with Crippen molar-refractivity contribution < 1.29 is 13.9 Å². The Morgan fingerprint density at radius 1 is 1.60 bits per heavy atom. The van der Waals surface area contributed by atoms with Gasteiger partial charge in [-0.05, 0) is 6.92 Å². The molecule has 0 aromatic carbocycles. The first-order valence-corrected chi connectivity index (χ1v) is 4.11. The molecule has 80 valence electrons. The Balaban J connectivity index is 3.49. The Morgan fingerprint density at radius 3 is 2.60 bits per heavy atom. The molecule has 6 heteroatoms. The predicted molar refractivity (Wildman–Crippen MR) is 50.5 cm³/mol. The van der Waals surface area contributed by atoms with Gasteiger partial charge in [-0.25, -0.2) is 13.6 Å². The van der Waals surface area contributed by atoms with Gasteiger partial charge < -0.3 is 10.8 Å². The summed E-state index contributed by atoms with van der Waals surface area (Å²) in [6.45, 7) is 8.15. The number of nitrogen functional groups attached to an aromatic ring is 1. The van der Waals surface area contributed by atoms with Crippen molar-refractivity contribution in [2.45, 2.75) is 19.5 Å². The van der Waals surface area contributed by atoms with E-state index in [4.69, 9.17) is 12.3 Å². The highest BCUT2D eigenvalue weighted by molar-refractivity contribution is 5.66. The van der Waals surface area contributed by atoms with Crippen molar-refractivity contribution in [3.63, 3.8) is 0 Å². The van der Waals surface area contributed by atoms with Gasteiger partial charge in [0.05, 0.1) is 12.7 Å². The number of nitrogens with two attached hydrogens (primary N) is 1. The molecule has 0 saturated carbocycles. The van der Waals surface area contributed by atoms with Crippen LogP contribution in [0.4, 0.5) is 20.2 Å². The van der Waals surface area contributed by atoms with Crippen LogP contribution in [0.1, 0.15) is 30.7 Å². The summed E-state index contributed by atoms with van der Waals surface area (Å²) in [4.78, 5) is 6.33. The van der Waals surface area contributed by atoms with Crippen LogP contribution in [0.3, 0.4) is 0 Å². The quantitative estimate of drug-likeness (QED) is 0.740. The zero-order chi connectivity index (χ0) is 11.6. The van der Waals surface area contributed by atoms with Gasteiger partial charge in [0.1, 0.15) is 5.69 Å². The molecule has 0 aliphatic carbocycles. The number of pyridine rings is 1. The molecule has 1 aromatic rings. The van der Waals surface area contributed by atoms with E-state index in [9.17, 15) is 13.9 Å². The number of halogens is 2. The number of hydrogen-bond donors (Lipinski definition) is 2. The summed E-state index contributed by atoms with van der Waals surface area (Å²) < 4.78 is 24.9. The fraction of sp³-hybridized carbons (Fsp3) is 0.333. The Kier molecular flexibility index (Phi) is 3.17. The minimum absolute atomic E-state index is 0.00954. The summed E-state index contributed by atoms with van der Waals surface area (Å²) in [7, 11) is 0.